The first-order chi connectivity index (χ1) is 13.4. The Kier molecular flexibility index (Phi) is 7.02. The van der Waals surface area contributed by atoms with E-state index in [2.05, 4.69) is 5.32 Å². The highest BCUT2D eigenvalue weighted by Crippen LogP contribution is 2.29. The van der Waals surface area contributed by atoms with E-state index in [4.69, 9.17) is 4.74 Å². The average Bonchev–Trinajstić information content (AvgIpc) is 3.26. The van der Waals surface area contributed by atoms with Crippen molar-refractivity contribution in [2.24, 2.45) is 0 Å². The number of hydrogen-bond acceptors (Lipinski definition) is 6. The van der Waals surface area contributed by atoms with Crippen molar-refractivity contribution in [3.05, 3.63) is 43.3 Å². The molecule has 1 unspecified atom stereocenters. The Balaban J connectivity index is 1.61. The molecular formula is C21H25NO4S2. The maximum atomic E-state index is 12.6. The van der Waals surface area contributed by atoms with Gasteiger partial charge in [0, 0.05) is 16.7 Å². The van der Waals surface area contributed by atoms with Crippen molar-refractivity contribution in [1.29, 1.82) is 0 Å². The first-order valence-corrected chi connectivity index (χ1v) is 11.3. The molecule has 1 atom stereocenters. The van der Waals surface area contributed by atoms with E-state index < -0.39 is 12.1 Å². The van der Waals surface area contributed by atoms with Gasteiger partial charge in [-0.25, -0.2) is 4.79 Å². The molecule has 3 rings (SSSR count). The minimum Gasteiger partial charge on any atom is -0.450 e. The smallest absolute Gasteiger partial charge is 0.349 e. The van der Waals surface area contributed by atoms with Crippen LogP contribution in [0, 0.1) is 0 Å². The second-order valence-electron chi connectivity index (χ2n) is 7.06. The summed E-state index contributed by atoms with van der Waals surface area (Å²) in [5, 5.41) is 2.71. The van der Waals surface area contributed by atoms with Crippen LogP contribution in [0.25, 0.3) is 0 Å². The number of carbonyl (C=O) groups is 3. The number of fused-ring (bicyclic) bond motifs is 1. The maximum Gasteiger partial charge on any atom is 0.349 e. The van der Waals surface area contributed by atoms with Crippen LogP contribution in [0.2, 0.25) is 0 Å². The standard InChI is InChI=1S/C21H25NO4S2/c1-13(20(24)18-10-9-16(27-18)12-22-14(2)23)26-21(25)19-11-15-7-5-3-4-6-8-17(15)28-19/h9-11,13H,3-8,12H2,1-2H3,(H,22,23). The molecule has 1 N–H and O–H groups in total. The van der Waals surface area contributed by atoms with Gasteiger partial charge >= 0.3 is 5.97 Å². The zero-order valence-corrected chi connectivity index (χ0v) is 17.8. The van der Waals surface area contributed by atoms with Crippen molar-refractivity contribution in [2.75, 3.05) is 0 Å². The lowest BCUT2D eigenvalue weighted by atomic mass is 10.00. The number of rotatable bonds is 6. The van der Waals surface area contributed by atoms with Crippen molar-refractivity contribution in [2.45, 2.75) is 65.0 Å². The lowest BCUT2D eigenvalue weighted by Gasteiger charge is -2.10. The summed E-state index contributed by atoms with van der Waals surface area (Å²) in [7, 11) is 0. The second kappa shape index (κ2) is 9.47. The van der Waals surface area contributed by atoms with Gasteiger partial charge in [0.25, 0.3) is 0 Å². The zero-order valence-electron chi connectivity index (χ0n) is 16.2. The van der Waals surface area contributed by atoms with Gasteiger partial charge in [0.1, 0.15) is 4.88 Å². The second-order valence-corrected chi connectivity index (χ2v) is 9.37. The number of nitrogens with one attached hydrogen (secondary N) is 1. The van der Waals surface area contributed by atoms with Crippen LogP contribution in [0.15, 0.2) is 18.2 Å². The highest BCUT2D eigenvalue weighted by atomic mass is 32.1. The summed E-state index contributed by atoms with van der Waals surface area (Å²) in [6, 6.07) is 5.47. The minimum atomic E-state index is -0.843. The number of hydrogen-bond donors (Lipinski definition) is 1. The molecule has 0 spiro atoms. The predicted molar refractivity (Wildman–Crippen MR) is 111 cm³/mol. The first-order valence-electron chi connectivity index (χ1n) is 9.64. The summed E-state index contributed by atoms with van der Waals surface area (Å²) in [6.07, 6.45) is 6.00. The van der Waals surface area contributed by atoms with Crippen LogP contribution in [0.5, 0.6) is 0 Å². The number of Topliss-reactive ketones (excluding diaryl/α,β-unsaturated/α-hetero) is 1. The Labute approximate surface area is 173 Å². The van der Waals surface area contributed by atoms with E-state index in [0.29, 0.717) is 16.3 Å². The Bertz CT molecular complexity index is 842. The molecule has 0 radical (unpaired) electrons. The largest absolute Gasteiger partial charge is 0.450 e. The lowest BCUT2D eigenvalue weighted by Crippen LogP contribution is -2.23. The molecular weight excluding hydrogens is 394 g/mol. The fourth-order valence-electron chi connectivity index (χ4n) is 3.23. The van der Waals surface area contributed by atoms with Crippen molar-refractivity contribution in [3.8, 4) is 0 Å². The van der Waals surface area contributed by atoms with Crippen molar-refractivity contribution < 1.29 is 19.1 Å². The van der Waals surface area contributed by atoms with Gasteiger partial charge < -0.3 is 10.1 Å². The number of ether oxygens (including phenoxy) is 1. The van der Waals surface area contributed by atoms with Gasteiger partial charge in [-0.2, -0.15) is 0 Å². The number of aryl methyl sites for hydroxylation is 2. The Hall–Kier alpha value is -1.99. The Morgan fingerprint density at radius 2 is 1.82 bits per heavy atom. The first kappa shape index (κ1) is 20.7. The van der Waals surface area contributed by atoms with E-state index in [1.165, 1.54) is 52.9 Å². The van der Waals surface area contributed by atoms with E-state index in [-0.39, 0.29) is 11.7 Å². The molecule has 2 heterocycles. The SMILES string of the molecule is CC(=O)NCc1ccc(C(=O)C(C)OC(=O)c2cc3c(s2)CCCCCC3)s1. The number of ketones is 1. The van der Waals surface area contributed by atoms with Crippen molar-refractivity contribution in [1.82, 2.24) is 5.32 Å². The summed E-state index contributed by atoms with van der Waals surface area (Å²) in [5.41, 5.74) is 1.26. The van der Waals surface area contributed by atoms with E-state index in [1.807, 2.05) is 12.1 Å². The molecule has 0 bridgehead atoms. The molecule has 1 amide bonds. The number of carbonyl (C=O) groups excluding carboxylic acids is 3. The molecule has 5 nitrogen and oxygen atoms in total. The third-order valence-electron chi connectivity index (χ3n) is 4.77. The van der Waals surface area contributed by atoms with Crippen molar-refractivity contribution >= 4 is 40.3 Å². The van der Waals surface area contributed by atoms with Crippen LogP contribution in [-0.2, 0) is 28.9 Å². The fourth-order valence-corrected chi connectivity index (χ4v) is 5.34. The van der Waals surface area contributed by atoms with E-state index in [0.717, 1.165) is 30.6 Å². The summed E-state index contributed by atoms with van der Waals surface area (Å²) >= 11 is 2.81. The molecule has 2 aromatic rings. The van der Waals surface area contributed by atoms with Crippen LogP contribution < -0.4 is 5.32 Å². The van der Waals surface area contributed by atoms with Gasteiger partial charge in [-0.3, -0.25) is 9.59 Å². The van der Waals surface area contributed by atoms with Crippen LogP contribution in [-0.4, -0.2) is 23.8 Å². The van der Waals surface area contributed by atoms with Gasteiger partial charge in [-0.15, -0.1) is 22.7 Å². The predicted octanol–water partition coefficient (Wildman–Crippen LogP) is 4.53. The minimum absolute atomic E-state index is 0.117. The highest BCUT2D eigenvalue weighted by molar-refractivity contribution is 7.14. The normalized spacial score (nSPS) is 15.1. The molecule has 1 aliphatic carbocycles. The molecule has 0 aliphatic heterocycles. The molecule has 150 valence electrons. The fraction of sp³-hybridized carbons (Fsp3) is 0.476. The van der Waals surface area contributed by atoms with Crippen LogP contribution in [0.1, 0.15) is 74.2 Å². The number of esters is 1. The van der Waals surface area contributed by atoms with Crippen molar-refractivity contribution in [3.63, 3.8) is 0 Å². The van der Waals surface area contributed by atoms with E-state index >= 15 is 0 Å². The molecule has 0 saturated carbocycles. The summed E-state index contributed by atoms with van der Waals surface area (Å²) in [5.74, 6) is -0.761. The molecule has 0 aromatic carbocycles. The lowest BCUT2D eigenvalue weighted by molar-refractivity contribution is -0.119. The Morgan fingerprint density at radius 1 is 1.07 bits per heavy atom. The summed E-state index contributed by atoms with van der Waals surface area (Å²) in [4.78, 5) is 39.4. The van der Waals surface area contributed by atoms with E-state index in [9.17, 15) is 14.4 Å². The van der Waals surface area contributed by atoms with Crippen LogP contribution >= 0.6 is 22.7 Å². The summed E-state index contributed by atoms with van der Waals surface area (Å²) in [6.45, 7) is 3.45. The summed E-state index contributed by atoms with van der Waals surface area (Å²) < 4.78 is 5.46. The molecule has 2 aromatic heterocycles. The monoisotopic (exact) mass is 419 g/mol. The third kappa shape index (κ3) is 5.29. The molecule has 1 aliphatic rings. The highest BCUT2D eigenvalue weighted by Gasteiger charge is 2.24. The van der Waals surface area contributed by atoms with Gasteiger partial charge in [0.2, 0.25) is 11.7 Å². The van der Waals surface area contributed by atoms with Gasteiger partial charge in [0.15, 0.2) is 6.10 Å². The topological polar surface area (TPSA) is 72.5 Å². The van der Waals surface area contributed by atoms with Gasteiger partial charge in [-0.05, 0) is 56.4 Å². The Morgan fingerprint density at radius 3 is 2.57 bits per heavy atom. The molecule has 28 heavy (non-hydrogen) atoms. The number of thiophene rings is 2. The average molecular weight is 420 g/mol. The van der Waals surface area contributed by atoms with Crippen LogP contribution in [0.4, 0.5) is 0 Å². The molecule has 0 fully saturated rings. The van der Waals surface area contributed by atoms with E-state index in [1.54, 1.807) is 13.0 Å². The maximum absolute atomic E-state index is 12.6. The molecule has 0 saturated heterocycles. The third-order valence-corrected chi connectivity index (χ3v) is 7.08. The molecule has 7 heteroatoms. The van der Waals surface area contributed by atoms with Gasteiger partial charge in [-0.1, -0.05) is 12.8 Å². The zero-order chi connectivity index (χ0) is 20.1. The van der Waals surface area contributed by atoms with Crippen LogP contribution in [0.3, 0.4) is 0 Å². The van der Waals surface area contributed by atoms with Gasteiger partial charge in [0.05, 0.1) is 11.4 Å². The quantitative estimate of drug-likeness (QED) is 0.551. The number of amides is 1.